The first-order valence-corrected chi connectivity index (χ1v) is 7.87. The van der Waals surface area contributed by atoms with E-state index in [0.29, 0.717) is 13.0 Å². The van der Waals surface area contributed by atoms with Crippen molar-refractivity contribution >= 4 is 23.5 Å². The number of urea groups is 1. The van der Waals surface area contributed by atoms with Gasteiger partial charge in [0.1, 0.15) is 23.4 Å². The fourth-order valence-electron chi connectivity index (χ4n) is 3.81. The molecule has 3 saturated heterocycles. The molecule has 3 heterocycles. The van der Waals surface area contributed by atoms with Crippen LogP contribution in [0.3, 0.4) is 0 Å². The maximum atomic E-state index is 13.9. The Morgan fingerprint density at radius 2 is 1.79 bits per heavy atom. The predicted molar refractivity (Wildman–Crippen MR) is 79.1 cm³/mol. The number of benzene rings is 1. The van der Waals surface area contributed by atoms with Crippen LogP contribution in [0.5, 0.6) is 0 Å². The summed E-state index contributed by atoms with van der Waals surface area (Å²) in [6, 6.07) is 1.81. The number of carbonyl (C=O) groups is 3. The third kappa shape index (κ3) is 2.02. The Morgan fingerprint density at radius 3 is 2.46 bits per heavy atom. The summed E-state index contributed by atoms with van der Waals surface area (Å²) >= 11 is 0. The highest BCUT2D eigenvalue weighted by atomic mass is 19.1. The molecular weight excluding hydrogens is 320 g/mol. The molecule has 0 N–H and O–H groups in total. The summed E-state index contributed by atoms with van der Waals surface area (Å²) in [4.78, 5) is 40.7. The first-order chi connectivity index (χ1) is 11.5. The molecule has 1 aromatic rings. The highest BCUT2D eigenvalue weighted by Crippen LogP contribution is 2.34. The molecule has 2 atom stereocenters. The van der Waals surface area contributed by atoms with Gasteiger partial charge in [-0.25, -0.2) is 13.6 Å². The minimum atomic E-state index is -0.844. The van der Waals surface area contributed by atoms with Crippen LogP contribution in [0, 0.1) is 11.6 Å². The van der Waals surface area contributed by atoms with E-state index in [1.165, 1.54) is 11.0 Å². The minimum absolute atomic E-state index is 0.0886. The second kappa shape index (κ2) is 5.25. The molecule has 0 unspecified atom stereocenters. The predicted octanol–water partition coefficient (Wildman–Crippen LogP) is 1.50. The van der Waals surface area contributed by atoms with Gasteiger partial charge in [-0.15, -0.1) is 0 Å². The van der Waals surface area contributed by atoms with Gasteiger partial charge in [-0.05, 0) is 25.0 Å². The Labute approximate surface area is 136 Å². The first kappa shape index (κ1) is 15.0. The number of hydrogen-bond acceptors (Lipinski definition) is 3. The Morgan fingerprint density at radius 1 is 1.08 bits per heavy atom. The SMILES string of the molecule is O=C1C[C@H](N2C(=O)[C@@H]3CCCN3C2=O)CN1c1c(F)cccc1F. The summed E-state index contributed by atoms with van der Waals surface area (Å²) in [5, 5.41) is 0. The third-order valence-corrected chi connectivity index (χ3v) is 4.90. The van der Waals surface area contributed by atoms with Crippen molar-refractivity contribution in [2.24, 2.45) is 0 Å². The number of imide groups is 1. The van der Waals surface area contributed by atoms with Gasteiger partial charge in [-0.2, -0.15) is 0 Å². The molecule has 0 aliphatic carbocycles. The smallest absolute Gasteiger partial charge is 0.312 e. The number of fused-ring (bicyclic) bond motifs is 1. The molecular formula is C16H15F2N3O3. The van der Waals surface area contributed by atoms with Crippen LogP contribution in [-0.2, 0) is 9.59 Å². The summed E-state index contributed by atoms with van der Waals surface area (Å²) in [5.41, 5.74) is -0.426. The molecule has 4 amide bonds. The van der Waals surface area contributed by atoms with Crippen molar-refractivity contribution in [1.82, 2.24) is 9.80 Å². The molecule has 6 nitrogen and oxygen atoms in total. The van der Waals surface area contributed by atoms with Gasteiger partial charge in [-0.3, -0.25) is 14.5 Å². The maximum absolute atomic E-state index is 13.9. The quantitative estimate of drug-likeness (QED) is 0.770. The van der Waals surface area contributed by atoms with E-state index in [-0.39, 0.29) is 18.9 Å². The van der Waals surface area contributed by atoms with Crippen molar-refractivity contribution < 1.29 is 23.2 Å². The van der Waals surface area contributed by atoms with Crippen LogP contribution >= 0.6 is 0 Å². The number of anilines is 1. The van der Waals surface area contributed by atoms with E-state index in [4.69, 9.17) is 0 Å². The van der Waals surface area contributed by atoms with Gasteiger partial charge in [-0.1, -0.05) is 6.07 Å². The average molecular weight is 335 g/mol. The summed E-state index contributed by atoms with van der Waals surface area (Å²) in [5.74, 6) is -2.50. The van der Waals surface area contributed by atoms with Gasteiger partial charge in [0.2, 0.25) is 5.91 Å². The highest BCUT2D eigenvalue weighted by Gasteiger charge is 2.52. The zero-order chi connectivity index (χ0) is 17.0. The number of hydrogen-bond donors (Lipinski definition) is 0. The zero-order valence-corrected chi connectivity index (χ0v) is 12.7. The maximum Gasteiger partial charge on any atom is 0.327 e. The van der Waals surface area contributed by atoms with E-state index >= 15 is 0 Å². The van der Waals surface area contributed by atoms with Crippen molar-refractivity contribution in [2.45, 2.75) is 31.3 Å². The minimum Gasteiger partial charge on any atom is -0.312 e. The number of nitrogens with zero attached hydrogens (tertiary/aromatic N) is 3. The van der Waals surface area contributed by atoms with Crippen LogP contribution in [0.25, 0.3) is 0 Å². The third-order valence-electron chi connectivity index (χ3n) is 4.90. The number of carbonyl (C=O) groups excluding carboxylic acids is 3. The highest BCUT2D eigenvalue weighted by molar-refractivity contribution is 6.06. The summed E-state index contributed by atoms with van der Waals surface area (Å²) in [6.45, 7) is 0.437. The normalized spacial score (nSPS) is 26.8. The van der Waals surface area contributed by atoms with Gasteiger partial charge in [0.05, 0.1) is 6.04 Å². The van der Waals surface area contributed by atoms with E-state index in [2.05, 4.69) is 0 Å². The van der Waals surface area contributed by atoms with E-state index < -0.39 is 41.3 Å². The molecule has 0 spiro atoms. The molecule has 24 heavy (non-hydrogen) atoms. The van der Waals surface area contributed by atoms with Gasteiger partial charge in [0.25, 0.3) is 5.91 Å². The van der Waals surface area contributed by atoms with Crippen molar-refractivity contribution in [3.63, 3.8) is 0 Å². The molecule has 0 saturated carbocycles. The number of halogens is 2. The Hall–Kier alpha value is -2.51. The van der Waals surface area contributed by atoms with Crippen molar-refractivity contribution in [2.75, 3.05) is 18.0 Å². The molecule has 1 aromatic carbocycles. The largest absolute Gasteiger partial charge is 0.327 e. The number of para-hydroxylation sites is 1. The fraction of sp³-hybridized carbons (Fsp3) is 0.438. The molecule has 3 aliphatic heterocycles. The molecule has 126 valence electrons. The van der Waals surface area contributed by atoms with Gasteiger partial charge in [0.15, 0.2) is 0 Å². The second-order valence-electron chi connectivity index (χ2n) is 6.27. The van der Waals surface area contributed by atoms with Gasteiger partial charge in [0, 0.05) is 19.5 Å². The summed E-state index contributed by atoms with van der Waals surface area (Å²) in [7, 11) is 0. The van der Waals surface area contributed by atoms with Crippen LogP contribution < -0.4 is 4.90 Å². The summed E-state index contributed by atoms with van der Waals surface area (Å²) in [6.07, 6.45) is 1.28. The van der Waals surface area contributed by atoms with Crippen molar-refractivity contribution in [3.05, 3.63) is 29.8 Å². The van der Waals surface area contributed by atoms with Crippen molar-refractivity contribution in [1.29, 1.82) is 0 Å². The van der Waals surface area contributed by atoms with E-state index in [9.17, 15) is 23.2 Å². The van der Waals surface area contributed by atoms with Crippen molar-refractivity contribution in [3.8, 4) is 0 Å². The molecule has 4 rings (SSSR count). The van der Waals surface area contributed by atoms with Crippen LogP contribution in [0.1, 0.15) is 19.3 Å². The first-order valence-electron chi connectivity index (χ1n) is 7.87. The molecule has 8 heteroatoms. The molecule has 0 radical (unpaired) electrons. The number of rotatable bonds is 2. The number of amides is 4. The Kier molecular flexibility index (Phi) is 3.29. The van der Waals surface area contributed by atoms with Crippen LogP contribution in [-0.4, -0.2) is 52.8 Å². The standard InChI is InChI=1S/C16H15F2N3O3/c17-10-3-1-4-11(18)14(10)20-8-9(7-13(20)22)21-15(23)12-5-2-6-19(12)16(21)24/h1,3-4,9,12H,2,5-8H2/t9-,12-/m0/s1. The van der Waals surface area contributed by atoms with Crippen LogP contribution in [0.2, 0.25) is 0 Å². The lowest BCUT2D eigenvalue weighted by atomic mass is 10.2. The zero-order valence-electron chi connectivity index (χ0n) is 12.7. The second-order valence-corrected chi connectivity index (χ2v) is 6.27. The average Bonchev–Trinajstić information content (AvgIpc) is 3.19. The molecule has 3 fully saturated rings. The topological polar surface area (TPSA) is 60.9 Å². The van der Waals surface area contributed by atoms with Crippen LogP contribution in [0.15, 0.2) is 18.2 Å². The lowest BCUT2D eigenvalue weighted by molar-refractivity contribution is -0.129. The van der Waals surface area contributed by atoms with E-state index in [0.717, 1.165) is 28.4 Å². The van der Waals surface area contributed by atoms with E-state index in [1.807, 2.05) is 0 Å². The summed E-state index contributed by atoms with van der Waals surface area (Å²) < 4.78 is 27.9. The fourth-order valence-corrected chi connectivity index (χ4v) is 3.81. The Bertz CT molecular complexity index is 712. The van der Waals surface area contributed by atoms with Gasteiger partial charge >= 0.3 is 6.03 Å². The molecule has 0 bridgehead atoms. The molecule has 0 aromatic heterocycles. The Balaban J connectivity index is 1.61. The lowest BCUT2D eigenvalue weighted by Crippen LogP contribution is -2.43. The lowest BCUT2D eigenvalue weighted by Gasteiger charge is -2.23. The molecule has 3 aliphatic rings. The van der Waals surface area contributed by atoms with Gasteiger partial charge < -0.3 is 9.80 Å². The monoisotopic (exact) mass is 335 g/mol. The van der Waals surface area contributed by atoms with Crippen LogP contribution in [0.4, 0.5) is 19.3 Å². The van der Waals surface area contributed by atoms with E-state index in [1.54, 1.807) is 0 Å².